The van der Waals surface area contributed by atoms with Crippen LogP contribution in [-0.2, 0) is 0 Å². The lowest BCUT2D eigenvalue weighted by Crippen LogP contribution is -3.00. The quantitative estimate of drug-likeness (QED) is 0.0662. The van der Waals surface area contributed by atoms with Crippen LogP contribution in [0.5, 0.6) is 0 Å². The summed E-state index contributed by atoms with van der Waals surface area (Å²) in [6.07, 6.45) is 27.9. The summed E-state index contributed by atoms with van der Waals surface area (Å²) in [5, 5.41) is 0. The summed E-state index contributed by atoms with van der Waals surface area (Å²) in [5.74, 6) is 0. The van der Waals surface area contributed by atoms with Crippen molar-refractivity contribution >= 4 is 0 Å². The van der Waals surface area contributed by atoms with Gasteiger partial charge in [0.1, 0.15) is 0 Å². The zero-order valence-electron chi connectivity index (χ0n) is 20.7. The maximum atomic E-state index is 3.87. The Labute approximate surface area is 203 Å². The summed E-state index contributed by atoms with van der Waals surface area (Å²) in [4.78, 5) is 0. The number of halogens is 1. The molecule has 0 aromatic rings. The number of nitrogens with zero attached hydrogens (tertiary/aromatic N) is 1. The Balaban J connectivity index is 0. The molecule has 0 bridgehead atoms. The first kappa shape index (κ1) is 31.6. The van der Waals surface area contributed by atoms with Gasteiger partial charge in [-0.1, -0.05) is 103 Å². The Kier molecular flexibility index (Phi) is 26.9. The van der Waals surface area contributed by atoms with Crippen molar-refractivity contribution in [1.82, 2.24) is 0 Å². The minimum atomic E-state index is 0. The fraction of sp³-hybridized carbons (Fsp3) is 0.926. The molecule has 0 aliphatic carbocycles. The van der Waals surface area contributed by atoms with Crippen LogP contribution in [0.3, 0.4) is 0 Å². The Morgan fingerprint density at radius 3 is 1.21 bits per heavy atom. The summed E-state index contributed by atoms with van der Waals surface area (Å²) in [6, 6.07) is 0. The molecule has 0 heterocycles. The van der Waals surface area contributed by atoms with Crippen molar-refractivity contribution in [2.45, 2.75) is 136 Å². The predicted octanol–water partition coefficient (Wildman–Crippen LogP) is 6.07. The molecule has 1 nitrogen and oxygen atoms in total. The third kappa shape index (κ3) is 20.1. The monoisotopic (exact) mass is 521 g/mol. The molecule has 0 unspecified atom stereocenters. The molecule has 0 saturated heterocycles. The van der Waals surface area contributed by atoms with Crippen LogP contribution in [0.4, 0.5) is 0 Å². The van der Waals surface area contributed by atoms with E-state index in [1.165, 1.54) is 146 Å². The third-order valence-electron chi connectivity index (χ3n) is 6.87. The van der Waals surface area contributed by atoms with E-state index in [1.807, 2.05) is 0 Å². The number of hydrogen-bond acceptors (Lipinski definition) is 0. The molecule has 0 rings (SSSR count). The van der Waals surface area contributed by atoms with Crippen molar-refractivity contribution < 1.29 is 28.5 Å². The molecule has 0 amide bonds. The minimum Gasteiger partial charge on any atom is -1.00 e. The highest BCUT2D eigenvalue weighted by Gasteiger charge is 2.21. The molecule has 29 heavy (non-hydrogen) atoms. The van der Waals surface area contributed by atoms with Crippen LogP contribution in [-0.4, -0.2) is 30.7 Å². The standard InChI is InChI=1S/C27H56N.HI/c1-5-9-11-12-13-14-15-16-17-18-19-20-21-22-23-25-27-28(7-3,8-4)26-24-10-6-2;/h6H,2,5,7-27H2,1,3-4H3;1H/q+1;/p-1. The molecule has 0 fully saturated rings. The second kappa shape index (κ2) is 24.7. The van der Waals surface area contributed by atoms with Crippen LogP contribution < -0.4 is 24.0 Å². The smallest absolute Gasteiger partial charge is 0.0789 e. The molecular formula is C27H56IN. The summed E-state index contributed by atoms with van der Waals surface area (Å²) in [5.41, 5.74) is 0. The topological polar surface area (TPSA) is 0 Å². The summed E-state index contributed by atoms with van der Waals surface area (Å²) < 4.78 is 1.33. The molecule has 0 N–H and O–H groups in total. The fourth-order valence-electron chi connectivity index (χ4n) is 4.53. The van der Waals surface area contributed by atoms with Gasteiger partial charge >= 0.3 is 0 Å². The average molecular weight is 522 g/mol. The van der Waals surface area contributed by atoms with E-state index >= 15 is 0 Å². The van der Waals surface area contributed by atoms with Gasteiger partial charge in [-0.15, -0.1) is 6.58 Å². The molecule has 0 atom stereocenters. The Morgan fingerprint density at radius 1 is 0.517 bits per heavy atom. The van der Waals surface area contributed by atoms with Crippen LogP contribution in [0.1, 0.15) is 136 Å². The lowest BCUT2D eigenvalue weighted by Gasteiger charge is -2.37. The van der Waals surface area contributed by atoms with E-state index in [2.05, 4.69) is 33.4 Å². The van der Waals surface area contributed by atoms with Crippen LogP contribution in [0, 0.1) is 0 Å². The summed E-state index contributed by atoms with van der Waals surface area (Å²) in [7, 11) is 0. The molecule has 0 radical (unpaired) electrons. The van der Waals surface area contributed by atoms with Crippen molar-refractivity contribution in [3.63, 3.8) is 0 Å². The van der Waals surface area contributed by atoms with E-state index in [0.717, 1.165) is 0 Å². The van der Waals surface area contributed by atoms with Crippen LogP contribution in [0.25, 0.3) is 0 Å². The van der Waals surface area contributed by atoms with Gasteiger partial charge in [0.2, 0.25) is 0 Å². The van der Waals surface area contributed by atoms with E-state index < -0.39 is 0 Å². The molecule has 176 valence electrons. The molecule has 0 aromatic heterocycles. The zero-order chi connectivity index (χ0) is 20.8. The van der Waals surface area contributed by atoms with Gasteiger partial charge in [-0.05, 0) is 33.1 Å². The van der Waals surface area contributed by atoms with Gasteiger partial charge in [0.05, 0.1) is 26.2 Å². The molecule has 2 heteroatoms. The Hall–Kier alpha value is 0.430. The molecular weight excluding hydrogens is 465 g/mol. The first-order valence-corrected chi connectivity index (χ1v) is 13.2. The minimum absolute atomic E-state index is 0. The van der Waals surface area contributed by atoms with Crippen LogP contribution in [0.2, 0.25) is 0 Å². The first-order chi connectivity index (χ1) is 13.7. The first-order valence-electron chi connectivity index (χ1n) is 13.2. The van der Waals surface area contributed by atoms with Gasteiger partial charge in [-0.2, -0.15) is 0 Å². The van der Waals surface area contributed by atoms with Gasteiger partial charge < -0.3 is 28.5 Å². The summed E-state index contributed by atoms with van der Waals surface area (Å²) in [6.45, 7) is 16.3. The van der Waals surface area contributed by atoms with Crippen molar-refractivity contribution in [1.29, 1.82) is 0 Å². The Morgan fingerprint density at radius 2 is 0.862 bits per heavy atom. The highest BCUT2D eigenvalue weighted by Crippen LogP contribution is 2.16. The fourth-order valence-corrected chi connectivity index (χ4v) is 4.53. The Bertz CT molecular complexity index is 312. The van der Waals surface area contributed by atoms with Crippen molar-refractivity contribution in [3.05, 3.63) is 12.7 Å². The number of allylic oxidation sites excluding steroid dienone is 1. The van der Waals surface area contributed by atoms with Crippen LogP contribution >= 0.6 is 0 Å². The SMILES string of the molecule is C=CCCC[N+](CC)(CC)CCCCCCCCCCCCCCCCCC.[I-]. The van der Waals surface area contributed by atoms with Gasteiger partial charge in [0, 0.05) is 6.42 Å². The van der Waals surface area contributed by atoms with Crippen LogP contribution in [0.15, 0.2) is 12.7 Å². The zero-order valence-corrected chi connectivity index (χ0v) is 22.8. The number of quaternary nitrogens is 1. The van der Waals surface area contributed by atoms with Crippen molar-refractivity contribution in [3.8, 4) is 0 Å². The molecule has 0 aliphatic heterocycles. The maximum absolute atomic E-state index is 3.87. The second-order valence-corrected chi connectivity index (χ2v) is 9.16. The molecule has 0 spiro atoms. The number of rotatable bonds is 23. The third-order valence-corrected chi connectivity index (χ3v) is 6.87. The second-order valence-electron chi connectivity index (χ2n) is 9.16. The highest BCUT2D eigenvalue weighted by atomic mass is 127. The molecule has 0 saturated carbocycles. The van der Waals surface area contributed by atoms with Crippen molar-refractivity contribution in [2.75, 3.05) is 26.2 Å². The lowest BCUT2D eigenvalue weighted by atomic mass is 10.0. The van der Waals surface area contributed by atoms with Gasteiger partial charge in [-0.3, -0.25) is 0 Å². The number of hydrogen-bond donors (Lipinski definition) is 0. The van der Waals surface area contributed by atoms with E-state index in [4.69, 9.17) is 0 Å². The van der Waals surface area contributed by atoms with Gasteiger partial charge in [-0.25, -0.2) is 0 Å². The molecule has 0 aliphatic rings. The normalized spacial score (nSPS) is 11.4. The van der Waals surface area contributed by atoms with Gasteiger partial charge in [0.25, 0.3) is 0 Å². The lowest BCUT2D eigenvalue weighted by molar-refractivity contribution is -0.925. The van der Waals surface area contributed by atoms with E-state index in [1.54, 1.807) is 0 Å². The average Bonchev–Trinajstić information content (AvgIpc) is 2.72. The summed E-state index contributed by atoms with van der Waals surface area (Å²) >= 11 is 0. The van der Waals surface area contributed by atoms with Gasteiger partial charge in [0.15, 0.2) is 0 Å². The molecule has 0 aromatic carbocycles. The van der Waals surface area contributed by atoms with E-state index in [0.29, 0.717) is 0 Å². The van der Waals surface area contributed by atoms with E-state index in [-0.39, 0.29) is 24.0 Å². The highest BCUT2D eigenvalue weighted by molar-refractivity contribution is 4.65. The van der Waals surface area contributed by atoms with Crippen molar-refractivity contribution in [2.24, 2.45) is 0 Å². The van der Waals surface area contributed by atoms with E-state index in [9.17, 15) is 0 Å². The predicted molar refractivity (Wildman–Crippen MR) is 130 cm³/mol. The number of unbranched alkanes of at least 4 members (excludes halogenated alkanes) is 16. The maximum Gasteiger partial charge on any atom is 0.0789 e. The largest absolute Gasteiger partial charge is 1.00 e.